The molecule has 1 atom stereocenters. The molecule has 1 unspecified atom stereocenters. The van der Waals surface area contributed by atoms with E-state index < -0.39 is 0 Å². The Bertz CT molecular complexity index is 1200. The molecule has 3 rings (SSSR count). The van der Waals surface area contributed by atoms with Gasteiger partial charge in [-0.3, -0.25) is 9.97 Å². The van der Waals surface area contributed by atoms with Crippen LogP contribution in [-0.4, -0.2) is 21.2 Å². The molecule has 7 N–H and O–H groups in total. The van der Waals surface area contributed by atoms with Crippen LogP contribution < -0.4 is 22.1 Å². The lowest BCUT2D eigenvalue weighted by atomic mass is 10.0. The molecule has 3 heterocycles. The SMILES string of the molecule is CC(C)C(=C/N)/C=C(\N)Nc1ccc2ncc(/C(C=N)=C/NC(C)c3ccccn3)cc2n1. The van der Waals surface area contributed by atoms with Crippen molar-refractivity contribution in [2.45, 2.75) is 26.8 Å². The summed E-state index contributed by atoms with van der Waals surface area (Å²) in [5.41, 5.74) is 16.5. The molecule has 8 nitrogen and oxygen atoms in total. The van der Waals surface area contributed by atoms with E-state index >= 15 is 0 Å². The van der Waals surface area contributed by atoms with Crippen molar-refractivity contribution in [1.82, 2.24) is 20.3 Å². The van der Waals surface area contributed by atoms with Gasteiger partial charge in [-0.1, -0.05) is 19.9 Å². The summed E-state index contributed by atoms with van der Waals surface area (Å²) in [6, 6.07) is 11.4. The van der Waals surface area contributed by atoms with E-state index in [1.54, 1.807) is 30.9 Å². The molecule has 3 aromatic rings. The van der Waals surface area contributed by atoms with Gasteiger partial charge >= 0.3 is 0 Å². The smallest absolute Gasteiger partial charge is 0.132 e. The molecular formula is C25H30N8. The van der Waals surface area contributed by atoms with Crippen LogP contribution in [0.1, 0.15) is 38.1 Å². The summed E-state index contributed by atoms with van der Waals surface area (Å²) in [6.45, 7) is 6.11. The van der Waals surface area contributed by atoms with Crippen molar-refractivity contribution in [1.29, 1.82) is 5.41 Å². The first-order valence-corrected chi connectivity index (χ1v) is 10.7. The first-order chi connectivity index (χ1) is 15.9. The fourth-order valence-electron chi connectivity index (χ4n) is 3.15. The predicted molar refractivity (Wildman–Crippen MR) is 135 cm³/mol. The zero-order valence-corrected chi connectivity index (χ0v) is 19.1. The summed E-state index contributed by atoms with van der Waals surface area (Å²) in [6.07, 6.45) is 9.93. The van der Waals surface area contributed by atoms with Crippen molar-refractivity contribution in [3.8, 4) is 0 Å². The van der Waals surface area contributed by atoms with Gasteiger partial charge in [-0.2, -0.15) is 0 Å². The zero-order chi connectivity index (χ0) is 23.8. The molecule has 0 fully saturated rings. The van der Waals surface area contributed by atoms with Crippen molar-refractivity contribution < 1.29 is 0 Å². The van der Waals surface area contributed by atoms with Crippen molar-refractivity contribution in [3.63, 3.8) is 0 Å². The normalized spacial score (nSPS) is 13.8. The Labute approximate surface area is 194 Å². The van der Waals surface area contributed by atoms with Crippen LogP contribution in [0.25, 0.3) is 16.6 Å². The molecule has 0 aliphatic rings. The highest BCUT2D eigenvalue weighted by Crippen LogP contribution is 2.20. The molecule has 0 aliphatic carbocycles. The maximum atomic E-state index is 7.86. The van der Waals surface area contributed by atoms with Crippen molar-refractivity contribution in [3.05, 3.63) is 89.9 Å². The van der Waals surface area contributed by atoms with Gasteiger partial charge in [0.15, 0.2) is 0 Å². The van der Waals surface area contributed by atoms with Gasteiger partial charge in [0, 0.05) is 35.9 Å². The van der Waals surface area contributed by atoms with E-state index in [4.69, 9.17) is 16.9 Å². The van der Waals surface area contributed by atoms with Gasteiger partial charge in [0.2, 0.25) is 0 Å². The number of fused-ring (bicyclic) bond motifs is 1. The van der Waals surface area contributed by atoms with Crippen LogP contribution in [0.3, 0.4) is 0 Å². The second-order valence-electron chi connectivity index (χ2n) is 7.89. The van der Waals surface area contributed by atoms with Gasteiger partial charge in [0.25, 0.3) is 0 Å². The summed E-state index contributed by atoms with van der Waals surface area (Å²) >= 11 is 0. The molecule has 170 valence electrons. The van der Waals surface area contributed by atoms with Gasteiger partial charge in [-0.25, -0.2) is 4.98 Å². The number of pyridine rings is 3. The lowest BCUT2D eigenvalue weighted by molar-refractivity contribution is 0.665. The van der Waals surface area contributed by atoms with E-state index in [9.17, 15) is 0 Å². The molecule has 0 amide bonds. The highest BCUT2D eigenvalue weighted by Gasteiger charge is 2.08. The molecule has 0 radical (unpaired) electrons. The summed E-state index contributed by atoms with van der Waals surface area (Å²) in [5, 5.41) is 14.2. The van der Waals surface area contributed by atoms with Crippen molar-refractivity contribution >= 4 is 28.6 Å². The van der Waals surface area contributed by atoms with Crippen LogP contribution in [0.4, 0.5) is 5.82 Å². The Morgan fingerprint density at radius 1 is 1.09 bits per heavy atom. The summed E-state index contributed by atoms with van der Waals surface area (Å²) in [7, 11) is 0. The molecule has 0 spiro atoms. The number of allylic oxidation sites excluding steroid dienone is 3. The second-order valence-corrected chi connectivity index (χ2v) is 7.89. The number of rotatable bonds is 9. The summed E-state index contributed by atoms with van der Waals surface area (Å²) < 4.78 is 0. The zero-order valence-electron chi connectivity index (χ0n) is 19.1. The van der Waals surface area contributed by atoms with Gasteiger partial charge in [-0.05, 0) is 61.0 Å². The molecule has 0 saturated carbocycles. The minimum Gasteiger partial charge on any atom is -0.404 e. The molecule has 3 aromatic heterocycles. The predicted octanol–water partition coefficient (Wildman–Crippen LogP) is 4.08. The Morgan fingerprint density at radius 3 is 2.58 bits per heavy atom. The highest BCUT2D eigenvalue weighted by atomic mass is 15.1. The first kappa shape index (κ1) is 23.5. The lowest BCUT2D eigenvalue weighted by Crippen LogP contribution is -2.14. The number of anilines is 1. The standard InChI is InChI=1S/C25H30N8/c1-16(2)18(12-26)11-24(28)33-25-8-7-22-23(32-25)10-19(14-31-22)20(13-27)15-30-17(3)21-6-4-5-9-29-21/h4-17,27,30H,26,28H2,1-3H3,(H,32,33)/b18-12+,20-15+,24-11+,27-13?. The van der Waals surface area contributed by atoms with E-state index in [2.05, 4.69) is 25.6 Å². The van der Waals surface area contributed by atoms with E-state index in [1.165, 1.54) is 6.21 Å². The Kier molecular flexibility index (Phi) is 7.75. The number of nitrogens with two attached hydrogens (primary N) is 2. The maximum Gasteiger partial charge on any atom is 0.132 e. The van der Waals surface area contributed by atoms with Crippen LogP contribution in [-0.2, 0) is 0 Å². The van der Waals surface area contributed by atoms with Gasteiger partial charge in [-0.15, -0.1) is 0 Å². The minimum atomic E-state index is -0.00319. The van der Waals surface area contributed by atoms with Crippen LogP contribution in [0, 0.1) is 11.3 Å². The fraction of sp³-hybridized carbons (Fsp3) is 0.200. The maximum absolute atomic E-state index is 7.86. The fourth-order valence-corrected chi connectivity index (χ4v) is 3.15. The number of nitrogens with one attached hydrogen (secondary N) is 3. The third-order valence-electron chi connectivity index (χ3n) is 5.10. The molecule has 33 heavy (non-hydrogen) atoms. The van der Waals surface area contributed by atoms with Crippen LogP contribution in [0.5, 0.6) is 0 Å². The number of aromatic nitrogens is 3. The summed E-state index contributed by atoms with van der Waals surface area (Å²) in [4.78, 5) is 13.5. The van der Waals surface area contributed by atoms with Crippen LogP contribution in [0.2, 0.25) is 0 Å². The first-order valence-electron chi connectivity index (χ1n) is 10.7. The number of hydrogen-bond acceptors (Lipinski definition) is 8. The van der Waals surface area contributed by atoms with Gasteiger partial charge < -0.3 is 27.5 Å². The Balaban J connectivity index is 1.83. The second kappa shape index (κ2) is 10.9. The van der Waals surface area contributed by atoms with E-state index in [0.29, 0.717) is 22.7 Å². The molecule has 0 saturated heterocycles. The number of nitrogens with zero attached hydrogens (tertiary/aromatic N) is 3. The minimum absolute atomic E-state index is 0.00319. The van der Waals surface area contributed by atoms with E-state index in [0.717, 1.165) is 22.3 Å². The largest absolute Gasteiger partial charge is 0.404 e. The molecule has 8 heteroatoms. The third-order valence-corrected chi connectivity index (χ3v) is 5.10. The van der Waals surface area contributed by atoms with Gasteiger partial charge in [0.1, 0.15) is 11.6 Å². The summed E-state index contributed by atoms with van der Waals surface area (Å²) in [5.74, 6) is 1.30. The monoisotopic (exact) mass is 442 g/mol. The topological polar surface area (TPSA) is 139 Å². The number of hydrogen-bond donors (Lipinski definition) is 5. The average Bonchev–Trinajstić information content (AvgIpc) is 2.82. The van der Waals surface area contributed by atoms with Crippen molar-refractivity contribution in [2.75, 3.05) is 5.32 Å². The quantitative estimate of drug-likeness (QED) is 0.249. The Morgan fingerprint density at radius 2 is 1.91 bits per heavy atom. The van der Waals surface area contributed by atoms with Gasteiger partial charge in [0.05, 0.1) is 22.8 Å². The average molecular weight is 443 g/mol. The molecular weight excluding hydrogens is 412 g/mol. The lowest BCUT2D eigenvalue weighted by Gasteiger charge is -2.12. The molecule has 0 aromatic carbocycles. The molecule has 0 aliphatic heterocycles. The van der Waals surface area contributed by atoms with E-state index in [-0.39, 0.29) is 12.0 Å². The van der Waals surface area contributed by atoms with E-state index in [1.807, 2.05) is 57.2 Å². The molecule has 0 bridgehead atoms. The Hall–Kier alpha value is -4.20. The third kappa shape index (κ3) is 6.16. The van der Waals surface area contributed by atoms with Crippen LogP contribution in [0.15, 0.2) is 78.7 Å². The highest BCUT2D eigenvalue weighted by molar-refractivity contribution is 6.08. The van der Waals surface area contributed by atoms with Crippen LogP contribution >= 0.6 is 0 Å². The van der Waals surface area contributed by atoms with Crippen molar-refractivity contribution in [2.24, 2.45) is 17.4 Å².